The first-order valence-corrected chi connectivity index (χ1v) is 7.64. The van der Waals surface area contributed by atoms with Crippen LogP contribution in [0.3, 0.4) is 0 Å². The van der Waals surface area contributed by atoms with Crippen molar-refractivity contribution in [2.45, 2.75) is 19.8 Å². The second-order valence-electron chi connectivity index (χ2n) is 4.16. The summed E-state index contributed by atoms with van der Waals surface area (Å²) in [6.45, 7) is 7.34. The van der Waals surface area contributed by atoms with Crippen LogP contribution in [0.2, 0.25) is 0 Å². The fourth-order valence-electron chi connectivity index (χ4n) is 1.97. The van der Waals surface area contributed by atoms with Crippen molar-refractivity contribution < 1.29 is 0 Å². The van der Waals surface area contributed by atoms with E-state index in [4.69, 9.17) is 0 Å². The summed E-state index contributed by atoms with van der Waals surface area (Å²) in [5.41, 5.74) is 0. The van der Waals surface area contributed by atoms with E-state index in [1.165, 1.54) is 32.1 Å². The minimum atomic E-state index is -1.15. The van der Waals surface area contributed by atoms with Crippen molar-refractivity contribution in [1.82, 2.24) is 9.34 Å². The van der Waals surface area contributed by atoms with Gasteiger partial charge in [-0.15, -0.1) is 0 Å². The van der Waals surface area contributed by atoms with Gasteiger partial charge in [0.25, 0.3) is 0 Å². The van der Waals surface area contributed by atoms with Crippen molar-refractivity contribution in [3.63, 3.8) is 0 Å². The van der Waals surface area contributed by atoms with Crippen molar-refractivity contribution in [2.75, 3.05) is 40.0 Å². The van der Waals surface area contributed by atoms with Gasteiger partial charge < -0.3 is 0 Å². The Morgan fingerprint density at radius 3 is 2.08 bits per heavy atom. The molecule has 0 saturated carbocycles. The molecule has 0 spiro atoms. The molecule has 0 amide bonds. The first-order chi connectivity index (χ1) is 5.61. The molecule has 0 N–H and O–H groups in total. The summed E-state index contributed by atoms with van der Waals surface area (Å²) >= 11 is 0. The third-order valence-corrected chi connectivity index (χ3v) is 8.46. The molecule has 1 aliphatic heterocycles. The topological polar surface area (TPSA) is 6.48 Å². The van der Waals surface area contributed by atoms with Gasteiger partial charge in [0.15, 0.2) is 0 Å². The van der Waals surface area contributed by atoms with Crippen LogP contribution in [-0.2, 0) is 0 Å². The fraction of sp³-hybridized carbons (Fsp3) is 1.00. The van der Waals surface area contributed by atoms with Crippen molar-refractivity contribution in [3.05, 3.63) is 0 Å². The second-order valence-corrected chi connectivity index (χ2v) is 8.62. The van der Waals surface area contributed by atoms with E-state index in [0.717, 1.165) is 0 Å². The summed E-state index contributed by atoms with van der Waals surface area (Å²) in [6.07, 6.45) is 4.18. The molecule has 0 unspecified atom stereocenters. The van der Waals surface area contributed by atoms with Gasteiger partial charge in [-0.3, -0.25) is 0 Å². The first kappa shape index (κ1) is 10.4. The molecule has 12 heavy (non-hydrogen) atoms. The predicted octanol–water partition coefficient (Wildman–Crippen LogP) is 1.87. The molecule has 2 nitrogen and oxygen atoms in total. The number of rotatable bonds is 3. The van der Waals surface area contributed by atoms with Crippen LogP contribution in [0.1, 0.15) is 19.8 Å². The fourth-order valence-corrected chi connectivity index (χ4v) is 5.50. The van der Waals surface area contributed by atoms with Crippen LogP contribution >= 0.6 is 7.56 Å². The molecule has 0 aliphatic carbocycles. The Morgan fingerprint density at radius 2 is 1.67 bits per heavy atom. The zero-order chi connectivity index (χ0) is 9.19. The van der Waals surface area contributed by atoms with Crippen LogP contribution in [0.5, 0.6) is 0 Å². The molecule has 0 atom stereocenters. The second kappa shape index (κ2) is 4.04. The Morgan fingerprint density at radius 1 is 1.17 bits per heavy atom. The third kappa shape index (κ3) is 1.81. The number of hydrogen-bond acceptors (Lipinski definition) is 2. The standard InChI is InChI=1S/C9H23N2P/c1-5-6-9-12(4)10(2)7-8-11(12)3/h12H,5-9H2,1-4H3. The van der Waals surface area contributed by atoms with E-state index in [0.29, 0.717) is 0 Å². The molecule has 74 valence electrons. The number of unbranched alkanes of at least 4 members (excludes halogenated alkanes) is 1. The number of likely N-dealkylation sites (N-methyl/N-ethyl adjacent to an activating group) is 2. The first-order valence-electron chi connectivity index (χ1n) is 5.03. The van der Waals surface area contributed by atoms with E-state index < -0.39 is 7.56 Å². The quantitative estimate of drug-likeness (QED) is 0.627. The average molecular weight is 190 g/mol. The van der Waals surface area contributed by atoms with Gasteiger partial charge >= 0.3 is 76.7 Å². The normalized spacial score (nSPS) is 27.7. The Kier molecular flexibility index (Phi) is 3.51. The molecular formula is C9H23N2P. The van der Waals surface area contributed by atoms with E-state index in [1.807, 2.05) is 0 Å². The van der Waals surface area contributed by atoms with E-state index in [9.17, 15) is 0 Å². The van der Waals surface area contributed by atoms with Crippen LogP contribution in [0.25, 0.3) is 0 Å². The van der Waals surface area contributed by atoms with Crippen LogP contribution in [0, 0.1) is 0 Å². The molecule has 0 bridgehead atoms. The van der Waals surface area contributed by atoms with E-state index in [1.54, 1.807) is 0 Å². The zero-order valence-electron chi connectivity index (χ0n) is 8.93. The molecule has 1 saturated heterocycles. The molecule has 1 aliphatic rings. The van der Waals surface area contributed by atoms with Crippen molar-refractivity contribution in [1.29, 1.82) is 0 Å². The predicted molar refractivity (Wildman–Crippen MR) is 59.3 cm³/mol. The SMILES string of the molecule is CCCC[PH]1(C)N(C)CCN1C. The molecule has 0 aromatic carbocycles. The van der Waals surface area contributed by atoms with Gasteiger partial charge in [0.1, 0.15) is 0 Å². The Balaban J connectivity index is 2.53. The third-order valence-electron chi connectivity index (χ3n) is 3.42. The Labute approximate surface area is 77.4 Å². The van der Waals surface area contributed by atoms with Gasteiger partial charge in [0, 0.05) is 0 Å². The maximum absolute atomic E-state index is 2.61. The summed E-state index contributed by atoms with van der Waals surface area (Å²) in [7, 11) is 3.45. The number of hydrogen-bond donors (Lipinski definition) is 0. The van der Waals surface area contributed by atoms with Crippen LogP contribution < -0.4 is 0 Å². The Bertz CT molecular complexity index is 139. The summed E-state index contributed by atoms with van der Waals surface area (Å²) in [4.78, 5) is 0. The number of nitrogens with zero attached hydrogens (tertiary/aromatic N) is 2. The molecular weight excluding hydrogens is 167 g/mol. The Hall–Kier alpha value is 0.350. The van der Waals surface area contributed by atoms with Crippen LogP contribution in [-0.4, -0.2) is 49.4 Å². The molecule has 0 aromatic heterocycles. The zero-order valence-corrected chi connectivity index (χ0v) is 9.93. The van der Waals surface area contributed by atoms with Crippen LogP contribution in [0.4, 0.5) is 0 Å². The summed E-state index contributed by atoms with van der Waals surface area (Å²) < 4.78 is 5.23. The van der Waals surface area contributed by atoms with Crippen molar-refractivity contribution in [2.24, 2.45) is 0 Å². The molecule has 1 heterocycles. The van der Waals surface area contributed by atoms with Gasteiger partial charge in [-0.05, 0) is 0 Å². The molecule has 0 radical (unpaired) electrons. The molecule has 3 heteroatoms. The van der Waals surface area contributed by atoms with Gasteiger partial charge in [-0.1, -0.05) is 0 Å². The van der Waals surface area contributed by atoms with Gasteiger partial charge in [0.2, 0.25) is 0 Å². The average Bonchev–Trinajstić information content (AvgIpc) is 2.30. The van der Waals surface area contributed by atoms with E-state index in [-0.39, 0.29) is 0 Å². The molecule has 1 rings (SSSR count). The summed E-state index contributed by atoms with van der Waals surface area (Å²) in [5.74, 6) is 0. The van der Waals surface area contributed by atoms with Crippen LogP contribution in [0.15, 0.2) is 0 Å². The van der Waals surface area contributed by atoms with E-state index >= 15 is 0 Å². The molecule has 1 fully saturated rings. The van der Waals surface area contributed by atoms with Gasteiger partial charge in [-0.2, -0.15) is 0 Å². The van der Waals surface area contributed by atoms with Crippen molar-refractivity contribution in [3.8, 4) is 0 Å². The molecule has 0 aromatic rings. The monoisotopic (exact) mass is 190 g/mol. The van der Waals surface area contributed by atoms with Gasteiger partial charge in [0.05, 0.1) is 0 Å². The van der Waals surface area contributed by atoms with Gasteiger partial charge in [-0.25, -0.2) is 0 Å². The van der Waals surface area contributed by atoms with E-state index in [2.05, 4.69) is 37.0 Å². The maximum atomic E-state index is 2.61. The summed E-state index contributed by atoms with van der Waals surface area (Å²) in [6, 6.07) is 0. The van der Waals surface area contributed by atoms with Crippen molar-refractivity contribution >= 4 is 7.56 Å². The minimum absolute atomic E-state index is 1.15. The summed E-state index contributed by atoms with van der Waals surface area (Å²) in [5, 5.41) is 0.